The number of aryl methyl sites for hydroxylation is 2. The number of ether oxygens (including phenoxy) is 1. The van der Waals surface area contributed by atoms with E-state index in [1.54, 1.807) is 26.2 Å². The summed E-state index contributed by atoms with van der Waals surface area (Å²) in [5.41, 5.74) is 4.86. The van der Waals surface area contributed by atoms with E-state index in [1.165, 1.54) is 36.1 Å². The van der Waals surface area contributed by atoms with Crippen molar-refractivity contribution in [1.29, 1.82) is 0 Å². The van der Waals surface area contributed by atoms with Crippen LogP contribution in [-0.2, 0) is 19.8 Å². The van der Waals surface area contributed by atoms with Gasteiger partial charge >= 0.3 is 7.82 Å². The largest absolute Gasteiger partial charge is 0.496 e. The van der Waals surface area contributed by atoms with E-state index < -0.39 is 39.0 Å². The minimum Gasteiger partial charge on any atom is -0.496 e. The second-order valence-corrected chi connectivity index (χ2v) is 11.3. The van der Waals surface area contributed by atoms with Crippen LogP contribution in [0.4, 0.5) is 14.5 Å². The second kappa shape index (κ2) is 12.2. The number of hydrogen-bond acceptors (Lipinski definition) is 6. The smallest absolute Gasteiger partial charge is 0.471 e. The number of halogens is 2. The molecule has 42 heavy (non-hydrogen) atoms. The molecule has 0 spiro atoms. The Morgan fingerprint density at radius 2 is 1.74 bits per heavy atom. The molecule has 0 fully saturated rings. The number of allylic oxidation sites excluding steroid dienone is 1. The van der Waals surface area contributed by atoms with E-state index in [0.717, 1.165) is 22.3 Å². The Labute approximate surface area is 243 Å². The molecule has 1 heterocycles. The quantitative estimate of drug-likeness (QED) is 0.199. The van der Waals surface area contributed by atoms with Crippen LogP contribution in [0.3, 0.4) is 0 Å². The molecule has 1 unspecified atom stereocenters. The van der Waals surface area contributed by atoms with Gasteiger partial charge in [0.2, 0.25) is 0 Å². The highest BCUT2D eigenvalue weighted by atomic mass is 31.2. The van der Waals surface area contributed by atoms with Crippen molar-refractivity contribution in [3.05, 3.63) is 94.3 Å². The molecule has 1 atom stereocenters. The van der Waals surface area contributed by atoms with E-state index in [-0.39, 0.29) is 16.9 Å². The number of phosphoric acid groups is 1. The van der Waals surface area contributed by atoms with Gasteiger partial charge in [-0.1, -0.05) is 43.3 Å². The Kier molecular flexibility index (Phi) is 9.08. The highest BCUT2D eigenvalue weighted by Gasteiger charge is 2.35. The molecule has 0 bridgehead atoms. The van der Waals surface area contributed by atoms with Crippen molar-refractivity contribution in [2.45, 2.75) is 46.2 Å². The molecule has 3 aromatic rings. The summed E-state index contributed by atoms with van der Waals surface area (Å²) in [5, 5.41) is 5.79. The maximum atomic E-state index is 14.3. The Balaban J connectivity index is 1.71. The van der Waals surface area contributed by atoms with Gasteiger partial charge in [0, 0.05) is 28.9 Å². The molecule has 1 aliphatic rings. The van der Waals surface area contributed by atoms with Gasteiger partial charge < -0.3 is 30.1 Å². The zero-order chi connectivity index (χ0) is 30.8. The van der Waals surface area contributed by atoms with Crippen LogP contribution in [0.5, 0.6) is 5.75 Å². The Morgan fingerprint density at radius 1 is 1.07 bits per heavy atom. The molecule has 0 aliphatic carbocycles. The van der Waals surface area contributed by atoms with Crippen molar-refractivity contribution < 1.29 is 37.2 Å². The van der Waals surface area contributed by atoms with Crippen LogP contribution in [0, 0.1) is 13.8 Å². The van der Waals surface area contributed by atoms with Gasteiger partial charge in [0.05, 0.1) is 7.11 Å². The normalized spacial score (nSPS) is 15.5. The molecule has 1 aliphatic heterocycles. The van der Waals surface area contributed by atoms with Crippen LogP contribution in [-0.4, -0.2) is 34.4 Å². The second-order valence-electron chi connectivity index (χ2n) is 10.0. The van der Waals surface area contributed by atoms with Gasteiger partial charge in [0.1, 0.15) is 24.3 Å². The number of methoxy groups -OCH3 is 1. The number of phosphoric ester groups is 1. The first-order valence-corrected chi connectivity index (χ1v) is 14.8. The van der Waals surface area contributed by atoms with Crippen LogP contribution in [0.1, 0.15) is 48.7 Å². The third-order valence-corrected chi connectivity index (χ3v) is 7.71. The summed E-state index contributed by atoms with van der Waals surface area (Å²) >= 11 is 0. The van der Waals surface area contributed by atoms with Crippen molar-refractivity contribution in [2.24, 2.45) is 0 Å². The fourth-order valence-electron chi connectivity index (χ4n) is 5.01. The molecule has 3 aromatic carbocycles. The predicted molar refractivity (Wildman–Crippen MR) is 156 cm³/mol. The number of alkyl halides is 2. The first-order chi connectivity index (χ1) is 19.8. The molecular formula is C30H34F2N3O6P. The molecule has 4 rings (SSSR count). The van der Waals surface area contributed by atoms with Gasteiger partial charge in [-0.2, -0.15) is 0 Å². The van der Waals surface area contributed by atoms with E-state index in [0.29, 0.717) is 17.0 Å². The van der Waals surface area contributed by atoms with Gasteiger partial charge in [-0.3, -0.25) is 9.32 Å². The molecule has 224 valence electrons. The Bertz CT molecular complexity index is 1550. The fraction of sp³-hybridized carbons (Fsp3) is 0.300. The molecule has 1 amide bonds. The van der Waals surface area contributed by atoms with Crippen molar-refractivity contribution in [2.75, 3.05) is 19.2 Å². The van der Waals surface area contributed by atoms with Gasteiger partial charge in [0.15, 0.2) is 0 Å². The number of benzene rings is 3. The summed E-state index contributed by atoms with van der Waals surface area (Å²) in [4.78, 5) is 33.7. The van der Waals surface area contributed by atoms with Crippen LogP contribution < -0.4 is 15.4 Å². The first kappa shape index (κ1) is 31.2. The summed E-state index contributed by atoms with van der Waals surface area (Å²) in [6.07, 6.45) is -1.15. The highest BCUT2D eigenvalue weighted by molar-refractivity contribution is 7.46. The van der Waals surface area contributed by atoms with E-state index in [1.807, 2.05) is 38.1 Å². The molecule has 0 radical (unpaired) electrons. The molecular weight excluding hydrogens is 567 g/mol. The topological polar surface area (TPSA) is 120 Å². The van der Waals surface area contributed by atoms with Crippen LogP contribution in [0.15, 0.2) is 72.1 Å². The molecule has 0 saturated carbocycles. The predicted octanol–water partition coefficient (Wildman–Crippen LogP) is 6.32. The van der Waals surface area contributed by atoms with E-state index >= 15 is 0 Å². The van der Waals surface area contributed by atoms with Gasteiger partial charge in [-0.25, -0.2) is 13.3 Å². The minimum atomic E-state index is -4.85. The zero-order valence-electron chi connectivity index (χ0n) is 23.9. The zero-order valence-corrected chi connectivity index (χ0v) is 24.8. The average molecular weight is 602 g/mol. The average Bonchev–Trinajstić information content (AvgIpc) is 3.27. The number of carbonyl (C=O) groups is 1. The van der Waals surface area contributed by atoms with Crippen molar-refractivity contribution >= 4 is 19.4 Å². The summed E-state index contributed by atoms with van der Waals surface area (Å²) in [5.74, 6) is -3.04. The van der Waals surface area contributed by atoms with Crippen LogP contribution in [0.25, 0.3) is 11.1 Å². The Hall–Kier alpha value is -3.76. The fourth-order valence-corrected chi connectivity index (χ4v) is 5.29. The monoisotopic (exact) mass is 601 g/mol. The summed E-state index contributed by atoms with van der Waals surface area (Å²) < 4.78 is 50.6. The lowest BCUT2D eigenvalue weighted by Crippen LogP contribution is -2.31. The van der Waals surface area contributed by atoms with Crippen molar-refractivity contribution in [1.82, 2.24) is 10.2 Å². The Morgan fingerprint density at radius 3 is 2.36 bits per heavy atom. The molecule has 12 heteroatoms. The van der Waals surface area contributed by atoms with Crippen LogP contribution in [0.2, 0.25) is 0 Å². The van der Waals surface area contributed by atoms with Crippen LogP contribution >= 0.6 is 7.82 Å². The molecule has 0 saturated heterocycles. The van der Waals surface area contributed by atoms with E-state index in [4.69, 9.17) is 9.26 Å². The third-order valence-electron chi connectivity index (χ3n) is 7.25. The summed E-state index contributed by atoms with van der Waals surface area (Å²) in [6.45, 7) is 6.42. The lowest BCUT2D eigenvalue weighted by molar-refractivity contribution is -0.113. The highest BCUT2D eigenvalue weighted by Crippen LogP contribution is 2.42. The first-order valence-electron chi connectivity index (χ1n) is 13.2. The number of carbonyl (C=O) groups excluding carboxylic acids is 1. The van der Waals surface area contributed by atoms with Gasteiger partial charge in [-0.05, 0) is 67.3 Å². The standard InChI is InChI=1S/C30H34F2N3O6P/c1-6-30(31,32)22-11-8-12-23(16-22)33-29(36)27-20(4)35(17-41-42(37,38)39)28(34-27)21-13-14-25(40-5)24(15-21)26-18(2)9-7-10-19(26)3/h7-16,28,34H,6,17H2,1-5H3,(H,33,36)(H2,37,38,39). The SMILES string of the molecule is CCC(F)(F)c1cccc(NC(=O)C2=C(C)N(COP(=O)(O)O)C(c3ccc(OC)c(-c4c(C)cccc4C)c3)N2)c1. The van der Waals surface area contributed by atoms with Crippen molar-refractivity contribution in [3.63, 3.8) is 0 Å². The lowest BCUT2D eigenvalue weighted by atomic mass is 9.93. The number of nitrogens with zero attached hydrogens (tertiary/aromatic N) is 1. The van der Waals surface area contributed by atoms with E-state index in [2.05, 4.69) is 10.6 Å². The number of hydrogen-bond donors (Lipinski definition) is 4. The minimum absolute atomic E-state index is 0.0893. The summed E-state index contributed by atoms with van der Waals surface area (Å²) in [6, 6.07) is 16.9. The molecule has 9 nitrogen and oxygen atoms in total. The number of nitrogens with one attached hydrogen (secondary N) is 2. The van der Waals surface area contributed by atoms with Crippen molar-refractivity contribution in [3.8, 4) is 16.9 Å². The molecule has 4 N–H and O–H groups in total. The third kappa shape index (κ3) is 6.65. The van der Waals surface area contributed by atoms with E-state index in [9.17, 15) is 27.9 Å². The van der Waals surface area contributed by atoms with Gasteiger partial charge in [0.25, 0.3) is 11.8 Å². The lowest BCUT2D eigenvalue weighted by Gasteiger charge is -2.28. The number of rotatable bonds is 10. The number of anilines is 1. The number of amides is 1. The maximum absolute atomic E-state index is 14.3. The van der Waals surface area contributed by atoms with Gasteiger partial charge in [-0.15, -0.1) is 0 Å². The maximum Gasteiger partial charge on any atom is 0.471 e. The molecule has 0 aromatic heterocycles. The summed E-state index contributed by atoms with van der Waals surface area (Å²) in [7, 11) is -3.28.